The van der Waals surface area contributed by atoms with Crippen LogP contribution in [-0.2, 0) is 6.42 Å². The van der Waals surface area contributed by atoms with Crippen molar-refractivity contribution in [3.63, 3.8) is 0 Å². The summed E-state index contributed by atoms with van der Waals surface area (Å²) in [7, 11) is 0. The van der Waals surface area contributed by atoms with E-state index in [9.17, 15) is 0 Å². The van der Waals surface area contributed by atoms with E-state index in [4.69, 9.17) is 11.6 Å². The maximum Gasteiger partial charge on any atom is 0.0411 e. The first kappa shape index (κ1) is 10.0. The van der Waals surface area contributed by atoms with Gasteiger partial charge in [0.1, 0.15) is 0 Å². The van der Waals surface area contributed by atoms with Gasteiger partial charge >= 0.3 is 0 Å². The van der Waals surface area contributed by atoms with E-state index in [2.05, 4.69) is 39.0 Å². The van der Waals surface area contributed by atoms with Crippen molar-refractivity contribution >= 4 is 11.6 Å². The van der Waals surface area contributed by atoms with Gasteiger partial charge in [-0.1, -0.05) is 38.4 Å². The van der Waals surface area contributed by atoms with E-state index in [1.165, 1.54) is 17.5 Å². The van der Waals surface area contributed by atoms with Crippen molar-refractivity contribution in [1.82, 2.24) is 0 Å². The van der Waals surface area contributed by atoms with Crippen molar-refractivity contribution < 1.29 is 0 Å². The third-order valence-corrected chi connectivity index (χ3v) is 3.52. The normalized spacial score (nSPS) is 23.6. The lowest BCUT2D eigenvalue weighted by Crippen LogP contribution is -1.91. The number of rotatable bonds is 2. The lowest BCUT2D eigenvalue weighted by molar-refractivity contribution is 0.621. The van der Waals surface area contributed by atoms with Gasteiger partial charge in [0, 0.05) is 5.02 Å². The predicted octanol–water partition coefficient (Wildman–Crippen LogP) is 4.42. The summed E-state index contributed by atoms with van der Waals surface area (Å²) in [5, 5.41) is 0.891. The second kappa shape index (κ2) is 3.27. The zero-order valence-electron chi connectivity index (χ0n) is 9.10. The highest BCUT2D eigenvalue weighted by molar-refractivity contribution is 6.30. The van der Waals surface area contributed by atoms with Crippen LogP contribution in [0, 0.1) is 5.41 Å². The van der Waals surface area contributed by atoms with Crippen molar-refractivity contribution in [2.24, 2.45) is 5.41 Å². The molecule has 0 amide bonds. The van der Waals surface area contributed by atoms with Crippen LogP contribution in [0.4, 0.5) is 0 Å². The molecule has 0 aromatic heterocycles. The molecule has 1 aromatic rings. The first-order valence-corrected chi connectivity index (χ1v) is 5.70. The van der Waals surface area contributed by atoms with Crippen molar-refractivity contribution in [3.05, 3.63) is 34.3 Å². The first-order valence-electron chi connectivity index (χ1n) is 5.32. The van der Waals surface area contributed by atoms with E-state index >= 15 is 0 Å². The molecule has 0 aliphatic heterocycles. The van der Waals surface area contributed by atoms with Gasteiger partial charge in [0.05, 0.1) is 0 Å². The third kappa shape index (κ3) is 1.81. The van der Waals surface area contributed by atoms with Crippen LogP contribution >= 0.6 is 11.6 Å². The van der Waals surface area contributed by atoms with Gasteiger partial charge in [-0.3, -0.25) is 0 Å². The fraction of sp³-hybridized carbons (Fsp3) is 0.538. The minimum absolute atomic E-state index is 0.496. The first-order chi connectivity index (χ1) is 6.53. The Kier molecular flexibility index (Phi) is 2.35. The number of hydrogen-bond acceptors (Lipinski definition) is 0. The molecule has 0 heterocycles. The molecule has 1 heteroatoms. The second-order valence-electron chi connectivity index (χ2n) is 4.99. The molecule has 0 bridgehead atoms. The minimum Gasteiger partial charge on any atom is -0.0843 e. The Morgan fingerprint density at radius 2 is 2.00 bits per heavy atom. The smallest absolute Gasteiger partial charge is 0.0411 e. The Hall–Kier alpha value is -0.490. The second-order valence-corrected chi connectivity index (χ2v) is 5.43. The largest absolute Gasteiger partial charge is 0.0843 e. The van der Waals surface area contributed by atoms with Gasteiger partial charge in [-0.15, -0.1) is 0 Å². The molecular weight excluding hydrogens is 192 g/mol. The van der Waals surface area contributed by atoms with E-state index < -0.39 is 0 Å². The Labute approximate surface area is 91.3 Å². The van der Waals surface area contributed by atoms with Gasteiger partial charge in [0.25, 0.3) is 0 Å². The number of benzene rings is 1. The van der Waals surface area contributed by atoms with Crippen LogP contribution in [0.15, 0.2) is 18.2 Å². The summed E-state index contributed by atoms with van der Waals surface area (Å²) < 4.78 is 0. The average Bonchev–Trinajstić information content (AvgIpc) is 2.74. The summed E-state index contributed by atoms with van der Waals surface area (Å²) in [5.74, 6) is 0.728. The van der Waals surface area contributed by atoms with Crippen LogP contribution < -0.4 is 0 Å². The Bertz CT molecular complexity index is 352. The zero-order chi connectivity index (χ0) is 10.3. The van der Waals surface area contributed by atoms with Crippen LogP contribution in [0.2, 0.25) is 5.02 Å². The van der Waals surface area contributed by atoms with Crippen molar-refractivity contribution in [2.75, 3.05) is 0 Å². The Morgan fingerprint density at radius 3 is 2.50 bits per heavy atom. The van der Waals surface area contributed by atoms with Crippen molar-refractivity contribution in [3.8, 4) is 0 Å². The highest BCUT2D eigenvalue weighted by Crippen LogP contribution is 2.58. The zero-order valence-corrected chi connectivity index (χ0v) is 9.86. The van der Waals surface area contributed by atoms with Crippen LogP contribution in [0.1, 0.15) is 44.2 Å². The summed E-state index contributed by atoms with van der Waals surface area (Å²) in [6.07, 6.45) is 2.37. The van der Waals surface area contributed by atoms with Crippen molar-refractivity contribution in [1.29, 1.82) is 0 Å². The summed E-state index contributed by atoms with van der Waals surface area (Å²) in [4.78, 5) is 0. The molecule has 0 unspecified atom stereocenters. The minimum atomic E-state index is 0.496. The van der Waals surface area contributed by atoms with E-state index in [-0.39, 0.29) is 0 Å². The molecule has 14 heavy (non-hydrogen) atoms. The Balaban J connectivity index is 2.31. The van der Waals surface area contributed by atoms with E-state index in [1.807, 2.05) is 0 Å². The van der Waals surface area contributed by atoms with Crippen LogP contribution in [0.3, 0.4) is 0 Å². The number of aryl methyl sites for hydroxylation is 1. The highest BCUT2D eigenvalue weighted by atomic mass is 35.5. The molecule has 0 saturated heterocycles. The molecule has 2 rings (SSSR count). The molecule has 76 valence electrons. The average molecular weight is 209 g/mol. The van der Waals surface area contributed by atoms with Crippen LogP contribution in [0.25, 0.3) is 0 Å². The van der Waals surface area contributed by atoms with Gasteiger partial charge < -0.3 is 0 Å². The standard InChI is InChI=1S/C13H17Cl/c1-4-9-5-10(7-11(14)6-9)12-8-13(12,2)3/h5-7,12H,4,8H2,1-3H3/t12-/m0/s1. The summed E-state index contributed by atoms with van der Waals surface area (Å²) in [6, 6.07) is 6.51. The maximum atomic E-state index is 6.09. The monoisotopic (exact) mass is 208 g/mol. The molecule has 0 nitrogen and oxygen atoms in total. The summed E-state index contributed by atoms with van der Waals surface area (Å²) >= 11 is 6.09. The lowest BCUT2D eigenvalue weighted by Gasteiger charge is -2.06. The molecule has 1 aliphatic rings. The van der Waals surface area contributed by atoms with Crippen LogP contribution in [-0.4, -0.2) is 0 Å². The fourth-order valence-electron chi connectivity index (χ4n) is 2.12. The fourth-order valence-corrected chi connectivity index (χ4v) is 2.38. The molecule has 0 radical (unpaired) electrons. The van der Waals surface area contributed by atoms with Gasteiger partial charge in [-0.05, 0) is 47.4 Å². The lowest BCUT2D eigenvalue weighted by atomic mass is 10.0. The van der Waals surface area contributed by atoms with E-state index in [1.54, 1.807) is 0 Å². The summed E-state index contributed by atoms with van der Waals surface area (Å²) in [6.45, 7) is 6.82. The molecule has 0 N–H and O–H groups in total. The Morgan fingerprint density at radius 1 is 1.36 bits per heavy atom. The predicted molar refractivity (Wildman–Crippen MR) is 62.0 cm³/mol. The summed E-state index contributed by atoms with van der Waals surface area (Å²) in [5.41, 5.74) is 3.28. The maximum absolute atomic E-state index is 6.09. The molecule has 1 fully saturated rings. The van der Waals surface area contributed by atoms with E-state index in [0.29, 0.717) is 5.41 Å². The van der Waals surface area contributed by atoms with Crippen molar-refractivity contribution in [2.45, 2.75) is 39.5 Å². The molecular formula is C13H17Cl. The molecule has 0 spiro atoms. The van der Waals surface area contributed by atoms with E-state index in [0.717, 1.165) is 17.4 Å². The highest BCUT2D eigenvalue weighted by Gasteiger charge is 2.46. The number of hydrogen-bond donors (Lipinski definition) is 0. The third-order valence-electron chi connectivity index (χ3n) is 3.30. The quantitative estimate of drug-likeness (QED) is 0.675. The molecule has 1 aliphatic carbocycles. The van der Waals surface area contributed by atoms with Gasteiger partial charge in [0.2, 0.25) is 0 Å². The molecule has 1 atom stereocenters. The SMILES string of the molecule is CCc1cc(Cl)cc([C@@H]2CC2(C)C)c1. The topological polar surface area (TPSA) is 0 Å². The van der Waals surface area contributed by atoms with Gasteiger partial charge in [-0.2, -0.15) is 0 Å². The van der Waals surface area contributed by atoms with Gasteiger partial charge in [-0.25, -0.2) is 0 Å². The number of halogens is 1. The van der Waals surface area contributed by atoms with Gasteiger partial charge in [0.15, 0.2) is 0 Å². The molecule has 1 saturated carbocycles. The molecule has 1 aromatic carbocycles. The van der Waals surface area contributed by atoms with Crippen LogP contribution in [0.5, 0.6) is 0 Å².